The number of halogens is 3. The molecule has 4 N–H and O–H groups in total. The van der Waals surface area contributed by atoms with Crippen LogP contribution in [-0.2, 0) is 27.5 Å². The topological polar surface area (TPSA) is 188 Å². The number of carbonyl (C=O) groups is 4. The van der Waals surface area contributed by atoms with Crippen LogP contribution in [-0.4, -0.2) is 77.8 Å². The van der Waals surface area contributed by atoms with Crippen molar-refractivity contribution in [2.45, 2.75) is 108 Å². The smallest absolute Gasteiger partial charge is 0.255 e. The molecular formula is C53H52ClF2N11O4. The average molecular weight is 981 g/mol. The molecule has 2 fully saturated rings. The van der Waals surface area contributed by atoms with Crippen molar-refractivity contribution < 1.29 is 28.0 Å². The van der Waals surface area contributed by atoms with Gasteiger partial charge in [0.1, 0.15) is 23.4 Å². The first-order chi connectivity index (χ1) is 34.5. The van der Waals surface area contributed by atoms with Crippen LogP contribution < -0.4 is 21.3 Å². The third-order valence-corrected chi connectivity index (χ3v) is 14.0. The molecule has 1 atom stereocenters. The van der Waals surface area contributed by atoms with E-state index in [1.165, 1.54) is 23.1 Å². The molecule has 6 aromatic rings. The van der Waals surface area contributed by atoms with Gasteiger partial charge < -0.3 is 20.9 Å². The molecule has 1 unspecified atom stereocenters. The zero-order chi connectivity index (χ0) is 49.0. The average Bonchev–Trinajstić information content (AvgIpc) is 3.95. The molecule has 0 bridgehead atoms. The highest BCUT2D eigenvalue weighted by Gasteiger charge is 2.39. The minimum Gasteiger partial charge on any atom is -0.326 e. The molecule has 4 aromatic carbocycles. The van der Waals surface area contributed by atoms with Crippen LogP contribution in [0.3, 0.4) is 0 Å². The first-order valence-electron chi connectivity index (χ1n) is 24.3. The molecule has 71 heavy (non-hydrogen) atoms. The maximum Gasteiger partial charge on any atom is 0.255 e. The van der Waals surface area contributed by atoms with Crippen molar-refractivity contribution in [2.24, 2.45) is 4.99 Å². The minimum atomic E-state index is -0.714. The molecule has 3 aliphatic heterocycles. The van der Waals surface area contributed by atoms with Crippen molar-refractivity contribution in [1.82, 2.24) is 40.5 Å². The van der Waals surface area contributed by atoms with Gasteiger partial charge in [-0.05, 0) is 112 Å². The van der Waals surface area contributed by atoms with E-state index in [2.05, 4.69) is 41.6 Å². The van der Waals surface area contributed by atoms with Crippen molar-refractivity contribution >= 4 is 58.3 Å². The normalized spacial score (nSPS) is 18.5. The van der Waals surface area contributed by atoms with Gasteiger partial charge in [-0.15, -0.1) is 5.10 Å². The summed E-state index contributed by atoms with van der Waals surface area (Å²) < 4.78 is 32.0. The number of nitrogens with zero attached hydrogens (tertiary/aromatic N) is 7. The van der Waals surface area contributed by atoms with Gasteiger partial charge in [-0.2, -0.15) is 0 Å². The molecule has 364 valence electrons. The van der Waals surface area contributed by atoms with Crippen LogP contribution in [0.4, 0.5) is 26.1 Å². The highest BCUT2D eigenvalue weighted by molar-refractivity contribution is 6.31. The fraction of sp³-hybridized carbons (Fsp3) is 0.340. The third kappa shape index (κ3) is 10.6. The van der Waals surface area contributed by atoms with Crippen LogP contribution in [0.2, 0.25) is 5.02 Å². The molecule has 0 spiro atoms. The Hall–Kier alpha value is -7.24. The van der Waals surface area contributed by atoms with E-state index < -0.39 is 23.6 Å². The van der Waals surface area contributed by atoms with E-state index in [1.807, 2.05) is 35.1 Å². The number of aliphatic imine (C=N–C) groups is 1. The summed E-state index contributed by atoms with van der Waals surface area (Å²) in [5, 5.41) is 21.7. The number of piperidine rings is 1. The molecule has 15 nitrogen and oxygen atoms in total. The number of unbranched alkanes of at least 4 members (excludes halogenated alkanes) is 4. The van der Waals surface area contributed by atoms with Crippen molar-refractivity contribution in [2.75, 3.05) is 17.2 Å². The Bertz CT molecular complexity index is 3030. The van der Waals surface area contributed by atoms with E-state index >= 15 is 0 Å². The van der Waals surface area contributed by atoms with Crippen LogP contribution in [0.25, 0.3) is 22.5 Å². The summed E-state index contributed by atoms with van der Waals surface area (Å²) in [6.07, 6.45) is 13.8. The molecular weight excluding hydrogens is 928 g/mol. The maximum absolute atomic E-state index is 15.0. The fourth-order valence-electron chi connectivity index (χ4n) is 10.0. The largest absolute Gasteiger partial charge is 0.326 e. The second-order valence-corrected chi connectivity index (χ2v) is 19.0. The van der Waals surface area contributed by atoms with Gasteiger partial charge >= 0.3 is 0 Å². The number of amides is 4. The molecule has 1 aliphatic carbocycles. The van der Waals surface area contributed by atoms with Crippen LogP contribution in [0.5, 0.6) is 0 Å². The second-order valence-electron chi connectivity index (χ2n) is 18.6. The number of nitrogens with one attached hydrogen (secondary N) is 4. The van der Waals surface area contributed by atoms with Crippen LogP contribution >= 0.6 is 11.6 Å². The Labute approximate surface area is 413 Å². The Balaban J connectivity index is 0.630. The number of carbonyl (C=O) groups excluding carboxylic acids is 4. The zero-order valence-electron chi connectivity index (χ0n) is 38.9. The molecule has 18 heteroatoms. The maximum atomic E-state index is 15.0. The molecule has 1 saturated heterocycles. The van der Waals surface area contributed by atoms with Gasteiger partial charge in [0.25, 0.3) is 5.91 Å². The number of hydrogen-bond donors (Lipinski definition) is 4. The highest BCUT2D eigenvalue weighted by Crippen LogP contribution is 2.36. The molecule has 2 aromatic heterocycles. The molecule has 1 saturated carbocycles. The van der Waals surface area contributed by atoms with E-state index in [-0.39, 0.29) is 54.5 Å². The third-order valence-electron chi connectivity index (χ3n) is 13.8. The Kier molecular flexibility index (Phi) is 14.0. The summed E-state index contributed by atoms with van der Waals surface area (Å²) in [4.78, 5) is 65.1. The van der Waals surface area contributed by atoms with E-state index in [1.54, 1.807) is 42.6 Å². The van der Waals surface area contributed by atoms with Gasteiger partial charge in [0.05, 0.1) is 35.8 Å². The van der Waals surface area contributed by atoms with Gasteiger partial charge in [0, 0.05) is 75.8 Å². The Morgan fingerprint density at radius 1 is 0.817 bits per heavy atom. The molecule has 0 radical (unpaired) electrons. The zero-order valence-corrected chi connectivity index (χ0v) is 39.7. The first-order valence-corrected chi connectivity index (χ1v) is 24.7. The summed E-state index contributed by atoms with van der Waals surface area (Å²) in [6, 6.07) is 22.0. The Morgan fingerprint density at radius 3 is 2.38 bits per heavy atom. The van der Waals surface area contributed by atoms with E-state index in [4.69, 9.17) is 16.6 Å². The number of rotatable bonds is 16. The van der Waals surface area contributed by atoms with Gasteiger partial charge in [0.15, 0.2) is 0 Å². The van der Waals surface area contributed by atoms with Crippen molar-refractivity contribution in [1.29, 1.82) is 0 Å². The lowest BCUT2D eigenvalue weighted by molar-refractivity contribution is -0.137. The van der Waals surface area contributed by atoms with Gasteiger partial charge in [0.2, 0.25) is 23.7 Å². The predicted octanol–water partition coefficient (Wildman–Crippen LogP) is 9.24. The second kappa shape index (κ2) is 21.0. The number of anilines is 3. The first kappa shape index (κ1) is 47.4. The molecule has 10 rings (SSSR count). The lowest BCUT2D eigenvalue weighted by Gasteiger charge is -2.29. The SMILES string of the molecule is O=C1CCC(N2Cc3cc(NC(=O)CCCCCCCN[C@H]4CC[C@@H](n5cc(-c6ccc(Nc7ncc8c(n7)-c7ccc(Cl)cc7C(c7c(F)cccc7F)=NC8)cc6)nn5)CC4)ccc3C2=O)C(=O)N1. The summed E-state index contributed by atoms with van der Waals surface area (Å²) in [6.45, 7) is 1.36. The van der Waals surface area contributed by atoms with E-state index in [9.17, 15) is 28.0 Å². The van der Waals surface area contributed by atoms with Gasteiger partial charge in [-0.25, -0.2) is 23.4 Å². The summed E-state index contributed by atoms with van der Waals surface area (Å²) in [5.74, 6) is -2.14. The van der Waals surface area contributed by atoms with Gasteiger partial charge in [-0.3, -0.25) is 29.5 Å². The van der Waals surface area contributed by atoms with Crippen molar-refractivity contribution in [3.63, 3.8) is 0 Å². The summed E-state index contributed by atoms with van der Waals surface area (Å²) in [7, 11) is 0. The standard InChI is InChI=1S/C53H52ClF2N11O4/c54-34-12-20-40-41(26-34)50(48-42(55)7-6-8-43(48)56)58-27-33-28-59-53(63-49(33)40)61-36-13-10-31(11-14-36)44-30-67(65-64-44)38-18-15-35(16-19-38)57-24-5-3-1-2-4-9-46(68)60-37-17-21-39-32(25-37)29-66(52(39)71)45-22-23-47(69)62-51(45)70/h6-8,10-14,17,20-21,25-26,28,30,35,38,45,57H,1-5,9,15-16,18-19,22-24,27,29H2,(H,60,68)(H,59,61,63)(H,62,69,70)/t35-,38+,45?. The number of hydrogen-bond acceptors (Lipinski definition) is 11. The number of imide groups is 1. The Morgan fingerprint density at radius 2 is 1.58 bits per heavy atom. The predicted molar refractivity (Wildman–Crippen MR) is 265 cm³/mol. The molecule has 4 amide bonds. The summed E-state index contributed by atoms with van der Waals surface area (Å²) in [5.41, 5.74) is 6.74. The number of benzene rings is 4. The van der Waals surface area contributed by atoms with Crippen molar-refractivity contribution in [3.8, 4) is 22.5 Å². The van der Waals surface area contributed by atoms with Crippen LogP contribution in [0.15, 0.2) is 96.2 Å². The number of fused-ring (bicyclic) bond motifs is 4. The molecule has 4 aliphatic rings. The van der Waals surface area contributed by atoms with Crippen LogP contribution in [0, 0.1) is 11.6 Å². The quantitative estimate of drug-likeness (QED) is 0.0538. The fourth-order valence-corrected chi connectivity index (χ4v) is 10.2. The monoisotopic (exact) mass is 979 g/mol. The number of aromatic nitrogens is 5. The summed E-state index contributed by atoms with van der Waals surface area (Å²) >= 11 is 6.39. The van der Waals surface area contributed by atoms with Gasteiger partial charge in [-0.1, -0.05) is 60.3 Å². The van der Waals surface area contributed by atoms with E-state index in [0.717, 1.165) is 86.8 Å². The highest BCUT2D eigenvalue weighted by atomic mass is 35.5. The van der Waals surface area contributed by atoms with Crippen LogP contribution in [0.1, 0.15) is 116 Å². The van der Waals surface area contributed by atoms with Crippen molar-refractivity contribution in [3.05, 3.63) is 136 Å². The lowest BCUT2D eigenvalue weighted by atomic mass is 9.91. The van der Waals surface area contributed by atoms with E-state index in [0.29, 0.717) is 63.5 Å². The lowest BCUT2D eigenvalue weighted by Crippen LogP contribution is -2.52. The minimum absolute atomic E-state index is 0.0641. The molecule has 5 heterocycles.